The maximum absolute atomic E-state index is 14.9. The zero-order chi connectivity index (χ0) is 34.7. The minimum atomic E-state index is -0.959. The van der Waals surface area contributed by atoms with Crippen molar-refractivity contribution in [1.82, 2.24) is 10.2 Å². The van der Waals surface area contributed by atoms with Crippen molar-refractivity contribution in [3.05, 3.63) is 113 Å². The highest BCUT2D eigenvalue weighted by molar-refractivity contribution is 6.00. The molecule has 4 rings (SSSR count). The molecule has 4 aromatic carbocycles. The van der Waals surface area contributed by atoms with E-state index in [1.54, 1.807) is 25.7 Å². The van der Waals surface area contributed by atoms with E-state index < -0.39 is 23.8 Å². The molecule has 0 saturated heterocycles. The highest BCUT2D eigenvalue weighted by Gasteiger charge is 2.37. The molecule has 2 unspecified atom stereocenters. The standard InChI is InChI=1S/C41H51N3O4/c1-7-8-9-10-16-25-44(39(46)36(27-31-17-12-11-13-18-31)43-40(47)48-41(4,5)6)37(35-24-21-29(2)26-30(35)3)38(45)42-34-23-22-32-19-14-15-20-33(32)28-34/h11-15,17-24,26,28,36-37H,7-10,16,25,27H2,1-6H3,(H,42,45)(H,43,47). The number of hydrogen-bond donors (Lipinski definition) is 2. The number of hydrogen-bond acceptors (Lipinski definition) is 4. The Labute approximate surface area is 286 Å². The van der Waals surface area contributed by atoms with Gasteiger partial charge in [0, 0.05) is 18.7 Å². The first-order valence-electron chi connectivity index (χ1n) is 17.2. The van der Waals surface area contributed by atoms with Gasteiger partial charge in [0.1, 0.15) is 17.7 Å². The number of alkyl carbamates (subject to hydrolysis) is 1. The van der Waals surface area contributed by atoms with E-state index in [0.717, 1.165) is 65.1 Å². The number of carbonyl (C=O) groups is 3. The van der Waals surface area contributed by atoms with Gasteiger partial charge in [0.2, 0.25) is 5.91 Å². The summed E-state index contributed by atoms with van der Waals surface area (Å²) in [4.78, 5) is 44.2. The first-order chi connectivity index (χ1) is 22.9. The fourth-order valence-corrected chi connectivity index (χ4v) is 6.01. The van der Waals surface area contributed by atoms with Crippen molar-refractivity contribution in [3.8, 4) is 0 Å². The number of ether oxygens (including phenoxy) is 1. The lowest BCUT2D eigenvalue weighted by Crippen LogP contribution is -2.53. The Hall–Kier alpha value is -4.65. The zero-order valence-electron chi connectivity index (χ0n) is 29.3. The highest BCUT2D eigenvalue weighted by Crippen LogP contribution is 2.29. The summed E-state index contributed by atoms with van der Waals surface area (Å²) in [6.45, 7) is 11.9. The van der Waals surface area contributed by atoms with Gasteiger partial charge < -0.3 is 20.3 Å². The van der Waals surface area contributed by atoms with Crippen LogP contribution in [0.1, 0.15) is 88.1 Å². The molecule has 0 spiro atoms. The minimum absolute atomic E-state index is 0.247. The summed E-state index contributed by atoms with van der Waals surface area (Å²) in [6, 6.07) is 27.5. The fraction of sp³-hybridized carbons (Fsp3) is 0.390. The largest absolute Gasteiger partial charge is 0.444 e. The number of rotatable bonds is 14. The van der Waals surface area contributed by atoms with Crippen molar-refractivity contribution < 1.29 is 19.1 Å². The summed E-state index contributed by atoms with van der Waals surface area (Å²) < 4.78 is 5.60. The van der Waals surface area contributed by atoms with E-state index in [0.29, 0.717) is 12.2 Å². The van der Waals surface area contributed by atoms with Crippen LogP contribution in [0, 0.1) is 13.8 Å². The van der Waals surface area contributed by atoms with Crippen LogP contribution >= 0.6 is 0 Å². The summed E-state index contributed by atoms with van der Waals surface area (Å²) in [7, 11) is 0. The first kappa shape index (κ1) is 36.2. The van der Waals surface area contributed by atoms with Crippen molar-refractivity contribution in [1.29, 1.82) is 0 Å². The van der Waals surface area contributed by atoms with Crippen molar-refractivity contribution >= 4 is 34.4 Å². The van der Waals surface area contributed by atoms with Gasteiger partial charge in [-0.2, -0.15) is 0 Å². The van der Waals surface area contributed by atoms with Crippen LogP contribution in [0.4, 0.5) is 10.5 Å². The summed E-state index contributed by atoms with van der Waals surface area (Å²) in [5, 5.41) is 8.08. The van der Waals surface area contributed by atoms with Crippen LogP contribution in [0.25, 0.3) is 10.8 Å². The average Bonchev–Trinajstić information content (AvgIpc) is 3.03. The van der Waals surface area contributed by atoms with E-state index in [1.807, 2.05) is 105 Å². The molecule has 4 aromatic rings. The van der Waals surface area contributed by atoms with Crippen LogP contribution in [0.3, 0.4) is 0 Å². The van der Waals surface area contributed by atoms with Crippen LogP contribution in [-0.2, 0) is 20.7 Å². The van der Waals surface area contributed by atoms with Gasteiger partial charge in [-0.15, -0.1) is 0 Å². The molecule has 48 heavy (non-hydrogen) atoms. The van der Waals surface area contributed by atoms with Crippen LogP contribution in [0.2, 0.25) is 0 Å². The van der Waals surface area contributed by atoms with E-state index in [9.17, 15) is 14.4 Å². The lowest BCUT2D eigenvalue weighted by atomic mass is 9.95. The molecule has 0 aliphatic carbocycles. The topological polar surface area (TPSA) is 87.7 Å². The maximum Gasteiger partial charge on any atom is 0.408 e. The third-order valence-electron chi connectivity index (χ3n) is 8.35. The van der Waals surface area contributed by atoms with E-state index >= 15 is 0 Å². The number of unbranched alkanes of at least 4 members (excludes halogenated alkanes) is 4. The number of nitrogens with one attached hydrogen (secondary N) is 2. The molecule has 3 amide bonds. The molecule has 0 saturated carbocycles. The monoisotopic (exact) mass is 649 g/mol. The summed E-state index contributed by atoms with van der Waals surface area (Å²) in [6.07, 6.45) is 4.46. The van der Waals surface area contributed by atoms with Gasteiger partial charge in [-0.05, 0) is 80.6 Å². The molecule has 2 atom stereocenters. The second-order valence-electron chi connectivity index (χ2n) is 13.6. The van der Waals surface area contributed by atoms with Crippen LogP contribution in [0.15, 0.2) is 91.0 Å². The molecule has 0 bridgehead atoms. The normalized spacial score (nSPS) is 12.6. The second kappa shape index (κ2) is 17.0. The third kappa shape index (κ3) is 10.4. The number of nitrogens with zero attached hydrogens (tertiary/aromatic N) is 1. The lowest BCUT2D eigenvalue weighted by Gasteiger charge is -2.35. The molecule has 0 aliphatic rings. The van der Waals surface area contributed by atoms with Gasteiger partial charge in [-0.3, -0.25) is 9.59 Å². The Bertz CT molecular complexity index is 1680. The molecule has 2 N–H and O–H groups in total. The quantitative estimate of drug-likeness (QED) is 0.133. The molecule has 254 valence electrons. The van der Waals surface area contributed by atoms with E-state index in [2.05, 4.69) is 17.6 Å². The maximum atomic E-state index is 14.9. The second-order valence-corrected chi connectivity index (χ2v) is 13.6. The zero-order valence-corrected chi connectivity index (χ0v) is 29.3. The number of aryl methyl sites for hydroxylation is 2. The van der Waals surface area contributed by atoms with Crippen molar-refractivity contribution in [2.24, 2.45) is 0 Å². The predicted octanol–water partition coefficient (Wildman–Crippen LogP) is 9.07. The van der Waals surface area contributed by atoms with Gasteiger partial charge in [0.25, 0.3) is 5.91 Å². The Morgan fingerprint density at radius 1 is 0.792 bits per heavy atom. The molecule has 7 nitrogen and oxygen atoms in total. The summed E-state index contributed by atoms with van der Waals surface area (Å²) in [5.41, 5.74) is 3.52. The van der Waals surface area contributed by atoms with Gasteiger partial charge in [0.15, 0.2) is 0 Å². The number of amides is 3. The van der Waals surface area contributed by atoms with Crippen molar-refractivity contribution in [3.63, 3.8) is 0 Å². The van der Waals surface area contributed by atoms with E-state index in [-0.39, 0.29) is 18.2 Å². The lowest BCUT2D eigenvalue weighted by molar-refractivity contribution is -0.140. The van der Waals surface area contributed by atoms with Crippen LogP contribution in [-0.4, -0.2) is 41.0 Å². The van der Waals surface area contributed by atoms with Gasteiger partial charge in [-0.1, -0.05) is 117 Å². The molecular weight excluding hydrogens is 598 g/mol. The van der Waals surface area contributed by atoms with E-state index in [4.69, 9.17) is 4.74 Å². The molecular formula is C41H51N3O4. The molecule has 0 aliphatic heterocycles. The molecule has 0 heterocycles. The number of fused-ring (bicyclic) bond motifs is 1. The average molecular weight is 650 g/mol. The van der Waals surface area contributed by atoms with Gasteiger partial charge in [0.05, 0.1) is 0 Å². The van der Waals surface area contributed by atoms with E-state index in [1.165, 1.54) is 0 Å². The Balaban J connectivity index is 1.77. The molecule has 0 fully saturated rings. The number of carbonyl (C=O) groups excluding carboxylic acids is 3. The van der Waals surface area contributed by atoms with Crippen molar-refractivity contribution in [2.45, 2.75) is 97.8 Å². The van der Waals surface area contributed by atoms with Gasteiger partial charge in [-0.25, -0.2) is 4.79 Å². The smallest absolute Gasteiger partial charge is 0.408 e. The first-order valence-corrected chi connectivity index (χ1v) is 17.2. The number of anilines is 1. The fourth-order valence-electron chi connectivity index (χ4n) is 6.01. The Morgan fingerprint density at radius 3 is 2.17 bits per heavy atom. The summed E-state index contributed by atoms with van der Waals surface area (Å²) in [5.74, 6) is -0.645. The van der Waals surface area contributed by atoms with Crippen LogP contribution in [0.5, 0.6) is 0 Å². The van der Waals surface area contributed by atoms with Crippen molar-refractivity contribution in [2.75, 3.05) is 11.9 Å². The Morgan fingerprint density at radius 2 is 1.48 bits per heavy atom. The SMILES string of the molecule is CCCCCCCN(C(=O)C(Cc1ccccc1)NC(=O)OC(C)(C)C)C(C(=O)Nc1ccc2ccccc2c1)c1ccc(C)cc1C. The Kier molecular flexibility index (Phi) is 12.8. The molecule has 0 aromatic heterocycles. The van der Waals surface area contributed by atoms with Gasteiger partial charge >= 0.3 is 6.09 Å². The molecule has 7 heteroatoms. The third-order valence-corrected chi connectivity index (χ3v) is 8.35. The predicted molar refractivity (Wildman–Crippen MR) is 195 cm³/mol. The minimum Gasteiger partial charge on any atom is -0.444 e. The highest BCUT2D eigenvalue weighted by atomic mass is 16.6. The number of benzene rings is 4. The van der Waals surface area contributed by atoms with Crippen LogP contribution < -0.4 is 10.6 Å². The summed E-state index contributed by atoms with van der Waals surface area (Å²) >= 11 is 0. The molecule has 0 radical (unpaired) electrons.